The molecular weight excluding hydrogens is 278 g/mol. The molecule has 3 aliphatic rings. The van der Waals surface area contributed by atoms with Crippen LogP contribution >= 0.6 is 0 Å². The van der Waals surface area contributed by atoms with E-state index in [1.807, 2.05) is 0 Å². The fourth-order valence-electron chi connectivity index (χ4n) is 4.71. The molecule has 0 aromatic carbocycles. The van der Waals surface area contributed by atoms with E-state index in [0.29, 0.717) is 17.8 Å². The molecule has 3 saturated carbocycles. The summed E-state index contributed by atoms with van der Waals surface area (Å²) < 4.78 is 5.45. The minimum Gasteiger partial charge on any atom is -0.353 e. The Morgan fingerprint density at radius 1 is 1.14 bits per heavy atom. The monoisotopic (exact) mass is 303 g/mol. The first-order valence-corrected chi connectivity index (χ1v) is 8.90. The number of hydrogen-bond acceptors (Lipinski definition) is 4. The summed E-state index contributed by atoms with van der Waals surface area (Å²) >= 11 is 0. The minimum absolute atomic E-state index is 0.0344. The van der Waals surface area contributed by atoms with Crippen LogP contribution in [0.25, 0.3) is 0 Å². The molecule has 1 aromatic rings. The molecule has 0 unspecified atom stereocenters. The highest BCUT2D eigenvalue weighted by atomic mass is 16.5. The normalized spacial score (nSPS) is 31.5. The van der Waals surface area contributed by atoms with Crippen LogP contribution in [-0.4, -0.2) is 22.1 Å². The van der Waals surface area contributed by atoms with Crippen LogP contribution in [0.3, 0.4) is 0 Å². The van der Waals surface area contributed by atoms with E-state index in [2.05, 4.69) is 15.5 Å². The maximum atomic E-state index is 12.1. The van der Waals surface area contributed by atoms with Gasteiger partial charge in [0.25, 0.3) is 0 Å². The smallest absolute Gasteiger partial charge is 0.230 e. The molecule has 3 aliphatic carbocycles. The van der Waals surface area contributed by atoms with Crippen molar-refractivity contribution in [1.29, 1.82) is 0 Å². The van der Waals surface area contributed by atoms with Crippen molar-refractivity contribution in [3.05, 3.63) is 11.7 Å². The van der Waals surface area contributed by atoms with Gasteiger partial charge in [-0.05, 0) is 43.9 Å². The lowest BCUT2D eigenvalue weighted by molar-refractivity contribution is -0.121. The van der Waals surface area contributed by atoms with Gasteiger partial charge in [-0.1, -0.05) is 30.8 Å². The van der Waals surface area contributed by atoms with E-state index >= 15 is 0 Å². The second-order valence-corrected chi connectivity index (χ2v) is 7.41. The molecule has 2 bridgehead atoms. The van der Waals surface area contributed by atoms with Crippen molar-refractivity contribution in [2.24, 2.45) is 11.8 Å². The van der Waals surface area contributed by atoms with Crippen LogP contribution in [0.15, 0.2) is 4.52 Å². The molecular formula is C17H25N3O2. The summed E-state index contributed by atoms with van der Waals surface area (Å²) in [6, 6.07) is 0.346. The van der Waals surface area contributed by atoms with Gasteiger partial charge in [0.2, 0.25) is 11.8 Å². The van der Waals surface area contributed by atoms with Gasteiger partial charge in [-0.2, -0.15) is 4.98 Å². The van der Waals surface area contributed by atoms with Crippen LogP contribution in [-0.2, 0) is 11.2 Å². The minimum atomic E-state index is 0.0344. The highest BCUT2D eigenvalue weighted by Gasteiger charge is 2.42. The highest BCUT2D eigenvalue weighted by molar-refractivity contribution is 5.78. The molecule has 22 heavy (non-hydrogen) atoms. The molecule has 120 valence electrons. The Kier molecular flexibility index (Phi) is 3.89. The predicted octanol–water partition coefficient (Wildman–Crippen LogP) is 2.96. The first-order valence-electron chi connectivity index (χ1n) is 8.90. The van der Waals surface area contributed by atoms with Gasteiger partial charge in [0.05, 0.1) is 6.42 Å². The summed E-state index contributed by atoms with van der Waals surface area (Å²) in [5.41, 5.74) is 0. The molecule has 0 radical (unpaired) electrons. The maximum Gasteiger partial charge on any atom is 0.230 e. The average molecular weight is 303 g/mol. The summed E-state index contributed by atoms with van der Waals surface area (Å²) in [5, 5.41) is 7.14. The van der Waals surface area contributed by atoms with E-state index in [-0.39, 0.29) is 12.3 Å². The van der Waals surface area contributed by atoms with E-state index in [1.165, 1.54) is 44.9 Å². The van der Waals surface area contributed by atoms with Crippen molar-refractivity contribution < 1.29 is 9.32 Å². The molecule has 0 spiro atoms. The van der Waals surface area contributed by atoms with Crippen LogP contribution in [0, 0.1) is 11.8 Å². The Labute approximate surface area is 131 Å². The fraction of sp³-hybridized carbons (Fsp3) is 0.824. The number of hydrogen-bond donors (Lipinski definition) is 1. The summed E-state index contributed by atoms with van der Waals surface area (Å²) in [6.45, 7) is 0. The van der Waals surface area contributed by atoms with Crippen LogP contribution in [0.2, 0.25) is 0 Å². The molecule has 3 atom stereocenters. The third-order valence-corrected chi connectivity index (χ3v) is 5.83. The van der Waals surface area contributed by atoms with Crippen LogP contribution in [0.1, 0.15) is 75.4 Å². The number of amides is 1. The SMILES string of the molecule is O=C(Cc1noc([C@@H]2C[C@H]3CC[C@H]2C3)n1)NC1CCCCC1. The van der Waals surface area contributed by atoms with Crippen molar-refractivity contribution >= 4 is 5.91 Å². The number of nitrogens with one attached hydrogen (secondary N) is 1. The first kappa shape index (κ1) is 14.2. The first-order chi connectivity index (χ1) is 10.8. The topological polar surface area (TPSA) is 68.0 Å². The number of nitrogens with zero attached hydrogens (tertiary/aromatic N) is 2. The standard InChI is InChI=1S/C17H25N3O2/c21-16(18-13-4-2-1-3-5-13)10-15-19-17(22-20-15)14-9-11-6-7-12(14)8-11/h11-14H,1-10H2,(H,18,21)/t11-,12-,14+/m0/s1. The van der Waals surface area contributed by atoms with E-state index in [1.54, 1.807) is 0 Å². The van der Waals surface area contributed by atoms with Gasteiger partial charge in [-0.3, -0.25) is 4.79 Å². The third kappa shape index (κ3) is 2.90. The lowest BCUT2D eigenvalue weighted by atomic mass is 9.89. The number of aromatic nitrogens is 2. The Balaban J connectivity index is 1.32. The zero-order valence-electron chi connectivity index (χ0n) is 13.1. The number of carbonyl (C=O) groups is 1. The molecule has 1 heterocycles. The van der Waals surface area contributed by atoms with Gasteiger partial charge in [0.15, 0.2) is 5.82 Å². The molecule has 1 aromatic heterocycles. The summed E-state index contributed by atoms with van der Waals surface area (Å²) in [6.07, 6.45) is 11.4. The largest absolute Gasteiger partial charge is 0.353 e. The van der Waals surface area contributed by atoms with E-state index in [0.717, 1.165) is 30.6 Å². The Morgan fingerprint density at radius 2 is 2.00 bits per heavy atom. The van der Waals surface area contributed by atoms with Crippen molar-refractivity contribution in [3.63, 3.8) is 0 Å². The van der Waals surface area contributed by atoms with E-state index < -0.39 is 0 Å². The quantitative estimate of drug-likeness (QED) is 0.928. The second kappa shape index (κ2) is 6.01. The average Bonchev–Trinajstić information content (AvgIpc) is 3.23. The molecule has 1 amide bonds. The lowest BCUT2D eigenvalue weighted by Gasteiger charge is -2.22. The van der Waals surface area contributed by atoms with Gasteiger partial charge in [0.1, 0.15) is 0 Å². The van der Waals surface area contributed by atoms with E-state index in [4.69, 9.17) is 4.52 Å². The second-order valence-electron chi connectivity index (χ2n) is 7.41. The summed E-state index contributed by atoms with van der Waals surface area (Å²) in [5.74, 6) is 3.39. The number of fused-ring (bicyclic) bond motifs is 2. The number of rotatable bonds is 4. The van der Waals surface area contributed by atoms with Crippen LogP contribution in [0.5, 0.6) is 0 Å². The molecule has 5 heteroatoms. The molecule has 0 saturated heterocycles. The van der Waals surface area contributed by atoms with Crippen molar-refractivity contribution in [1.82, 2.24) is 15.5 Å². The van der Waals surface area contributed by atoms with Crippen LogP contribution < -0.4 is 5.32 Å². The maximum absolute atomic E-state index is 12.1. The van der Waals surface area contributed by atoms with Gasteiger partial charge >= 0.3 is 0 Å². The molecule has 4 rings (SSSR count). The highest BCUT2D eigenvalue weighted by Crippen LogP contribution is 2.52. The zero-order valence-corrected chi connectivity index (χ0v) is 13.1. The summed E-state index contributed by atoms with van der Waals surface area (Å²) in [7, 11) is 0. The summed E-state index contributed by atoms with van der Waals surface area (Å²) in [4.78, 5) is 16.6. The van der Waals surface area contributed by atoms with Gasteiger partial charge < -0.3 is 9.84 Å². The van der Waals surface area contributed by atoms with Crippen molar-refractivity contribution in [2.45, 2.75) is 76.2 Å². The predicted molar refractivity (Wildman–Crippen MR) is 81.2 cm³/mol. The Bertz CT molecular complexity index is 536. The lowest BCUT2D eigenvalue weighted by Crippen LogP contribution is -2.37. The molecule has 0 aliphatic heterocycles. The van der Waals surface area contributed by atoms with Crippen molar-refractivity contribution in [3.8, 4) is 0 Å². The molecule has 5 nitrogen and oxygen atoms in total. The van der Waals surface area contributed by atoms with Gasteiger partial charge in [-0.25, -0.2) is 0 Å². The number of carbonyl (C=O) groups excluding carboxylic acids is 1. The Morgan fingerprint density at radius 3 is 2.73 bits per heavy atom. The van der Waals surface area contributed by atoms with E-state index in [9.17, 15) is 4.79 Å². The van der Waals surface area contributed by atoms with Crippen LogP contribution in [0.4, 0.5) is 0 Å². The fourth-order valence-corrected chi connectivity index (χ4v) is 4.71. The third-order valence-electron chi connectivity index (χ3n) is 5.83. The molecule has 1 N–H and O–H groups in total. The zero-order chi connectivity index (χ0) is 14.9. The molecule has 3 fully saturated rings. The Hall–Kier alpha value is -1.39. The van der Waals surface area contributed by atoms with Gasteiger partial charge in [0, 0.05) is 12.0 Å². The van der Waals surface area contributed by atoms with Gasteiger partial charge in [-0.15, -0.1) is 0 Å². The van der Waals surface area contributed by atoms with Crippen molar-refractivity contribution in [2.75, 3.05) is 0 Å².